The lowest BCUT2D eigenvalue weighted by Crippen LogP contribution is -2.10. The van der Waals surface area contributed by atoms with Gasteiger partial charge in [0.1, 0.15) is 12.2 Å². The first-order chi connectivity index (χ1) is 10.3. The van der Waals surface area contributed by atoms with E-state index in [1.807, 2.05) is 0 Å². The summed E-state index contributed by atoms with van der Waals surface area (Å²) in [7, 11) is -3.27. The molecule has 0 aromatic carbocycles. The molecular weight excluding hydrogens is 326 g/mol. The smallest absolute Gasteiger partial charge is 0.313 e. The van der Waals surface area contributed by atoms with Gasteiger partial charge in [0.05, 0.1) is 12.4 Å². The lowest BCUT2D eigenvalue weighted by molar-refractivity contribution is -0.145. The highest BCUT2D eigenvalue weighted by Crippen LogP contribution is 2.18. The first-order valence-corrected chi connectivity index (χ1v) is 9.64. The van der Waals surface area contributed by atoms with Crippen LogP contribution in [0, 0.1) is 6.92 Å². The first kappa shape index (κ1) is 18.8. The third-order valence-electron chi connectivity index (χ3n) is 2.83. The van der Waals surface area contributed by atoms with E-state index in [0.29, 0.717) is 12.8 Å². The van der Waals surface area contributed by atoms with Crippen molar-refractivity contribution in [1.82, 2.24) is 4.98 Å². The number of hydrogen-bond acceptors (Lipinski definition) is 7. The van der Waals surface area contributed by atoms with Crippen molar-refractivity contribution < 1.29 is 22.7 Å². The maximum Gasteiger partial charge on any atom is 0.313 e. The second-order valence-electron chi connectivity index (χ2n) is 5.09. The standard InChI is InChI=1S/C14H21NO5S2/c1-11-10-21-14(15-11)22(18,19)8-6-4-3-5-7-20-13(17)9-12(2)16/h10H,3-9H2,1-2H3. The van der Waals surface area contributed by atoms with Crippen LogP contribution < -0.4 is 0 Å². The number of aromatic nitrogens is 1. The van der Waals surface area contributed by atoms with Gasteiger partial charge in [-0.15, -0.1) is 11.3 Å². The Balaban J connectivity index is 2.13. The topological polar surface area (TPSA) is 90.4 Å². The van der Waals surface area contributed by atoms with Crippen LogP contribution in [0.2, 0.25) is 0 Å². The number of rotatable bonds is 10. The minimum atomic E-state index is -3.27. The third kappa shape index (κ3) is 7.13. The van der Waals surface area contributed by atoms with Crippen LogP contribution >= 0.6 is 11.3 Å². The highest BCUT2D eigenvalue weighted by molar-refractivity contribution is 7.93. The zero-order valence-electron chi connectivity index (χ0n) is 12.8. The molecule has 22 heavy (non-hydrogen) atoms. The molecule has 0 aliphatic carbocycles. The second kappa shape index (κ2) is 8.99. The average molecular weight is 347 g/mol. The molecule has 0 amide bonds. The van der Waals surface area contributed by atoms with E-state index in [1.165, 1.54) is 6.92 Å². The van der Waals surface area contributed by atoms with Gasteiger partial charge in [0.2, 0.25) is 14.2 Å². The Kier molecular flexibility index (Phi) is 7.67. The number of hydrogen-bond donors (Lipinski definition) is 0. The van der Waals surface area contributed by atoms with Gasteiger partial charge >= 0.3 is 5.97 Å². The molecule has 1 aromatic rings. The van der Waals surface area contributed by atoms with Crippen molar-refractivity contribution in [3.05, 3.63) is 11.1 Å². The summed E-state index contributed by atoms with van der Waals surface area (Å²) < 4.78 is 29.0. The fraction of sp³-hybridized carbons (Fsp3) is 0.643. The van der Waals surface area contributed by atoms with Gasteiger partial charge < -0.3 is 4.74 Å². The van der Waals surface area contributed by atoms with Gasteiger partial charge in [0, 0.05) is 11.1 Å². The molecule has 1 rings (SSSR count). The summed E-state index contributed by atoms with van der Waals surface area (Å²) in [6.45, 7) is 3.37. The van der Waals surface area contributed by atoms with Gasteiger partial charge in [-0.1, -0.05) is 12.8 Å². The van der Waals surface area contributed by atoms with Crippen molar-refractivity contribution in [3.63, 3.8) is 0 Å². The minimum Gasteiger partial charge on any atom is -0.465 e. The number of ether oxygens (including phenoxy) is 1. The molecule has 0 unspecified atom stereocenters. The number of carbonyl (C=O) groups is 2. The van der Waals surface area contributed by atoms with Gasteiger partial charge in [0.15, 0.2) is 0 Å². The molecule has 0 N–H and O–H groups in total. The quantitative estimate of drug-likeness (QED) is 0.366. The number of sulfone groups is 1. The summed E-state index contributed by atoms with van der Waals surface area (Å²) in [5, 5.41) is 1.72. The first-order valence-electron chi connectivity index (χ1n) is 7.11. The summed E-state index contributed by atoms with van der Waals surface area (Å²) >= 11 is 1.15. The lowest BCUT2D eigenvalue weighted by atomic mass is 10.2. The Hall–Kier alpha value is -1.28. The van der Waals surface area contributed by atoms with Crippen LogP contribution in [0.5, 0.6) is 0 Å². The van der Waals surface area contributed by atoms with Crippen LogP contribution in [0.1, 0.15) is 44.7 Å². The number of esters is 1. The molecule has 0 aliphatic rings. The Labute approximate surface area is 134 Å². The summed E-state index contributed by atoms with van der Waals surface area (Å²) in [6, 6.07) is 0. The highest BCUT2D eigenvalue weighted by atomic mass is 32.2. The molecule has 0 radical (unpaired) electrons. The summed E-state index contributed by atoms with van der Waals surface area (Å²) in [5.74, 6) is -0.633. The summed E-state index contributed by atoms with van der Waals surface area (Å²) in [5.41, 5.74) is 0.718. The number of unbranched alkanes of at least 4 members (excludes halogenated alkanes) is 3. The number of nitrogens with zero attached hydrogens (tertiary/aromatic N) is 1. The second-order valence-corrected chi connectivity index (χ2v) is 8.23. The highest BCUT2D eigenvalue weighted by Gasteiger charge is 2.17. The van der Waals surface area contributed by atoms with Gasteiger partial charge in [-0.3, -0.25) is 9.59 Å². The van der Waals surface area contributed by atoms with Crippen molar-refractivity contribution in [1.29, 1.82) is 0 Å². The molecule has 0 atom stereocenters. The fourth-order valence-electron chi connectivity index (χ4n) is 1.75. The van der Waals surface area contributed by atoms with E-state index in [9.17, 15) is 18.0 Å². The zero-order valence-corrected chi connectivity index (χ0v) is 14.5. The van der Waals surface area contributed by atoms with Gasteiger partial charge in [-0.25, -0.2) is 13.4 Å². The average Bonchev–Trinajstić information content (AvgIpc) is 2.84. The van der Waals surface area contributed by atoms with Crippen LogP contribution in [-0.4, -0.2) is 37.5 Å². The molecule has 1 aromatic heterocycles. The molecule has 8 heteroatoms. The predicted octanol–water partition coefficient (Wildman–Crippen LogP) is 2.31. The van der Waals surface area contributed by atoms with E-state index >= 15 is 0 Å². The molecular formula is C14H21NO5S2. The predicted molar refractivity (Wildman–Crippen MR) is 83.6 cm³/mol. The van der Waals surface area contributed by atoms with Crippen molar-refractivity contribution in [3.8, 4) is 0 Å². The number of carbonyl (C=O) groups excluding carboxylic acids is 2. The van der Waals surface area contributed by atoms with Crippen LogP contribution in [0.15, 0.2) is 9.72 Å². The van der Waals surface area contributed by atoms with E-state index in [1.54, 1.807) is 12.3 Å². The Bertz CT molecular complexity index is 607. The Morgan fingerprint density at radius 2 is 1.91 bits per heavy atom. The SMILES string of the molecule is CC(=O)CC(=O)OCCCCCCS(=O)(=O)c1nc(C)cs1. The Morgan fingerprint density at radius 1 is 1.23 bits per heavy atom. The van der Waals surface area contributed by atoms with Crippen LogP contribution in [-0.2, 0) is 24.2 Å². The monoisotopic (exact) mass is 347 g/mol. The number of thiazole rings is 1. The maximum atomic E-state index is 12.0. The van der Waals surface area contributed by atoms with Crippen molar-refractivity contribution in [2.45, 2.75) is 50.3 Å². The third-order valence-corrected chi connectivity index (χ3v) is 6.08. The van der Waals surface area contributed by atoms with Crippen molar-refractivity contribution >= 4 is 32.9 Å². The molecule has 1 heterocycles. The molecule has 0 spiro atoms. The normalized spacial score (nSPS) is 11.4. The Morgan fingerprint density at radius 3 is 2.50 bits per heavy atom. The molecule has 0 fully saturated rings. The number of Topliss-reactive ketones (excluding diaryl/α,β-unsaturated/α-hetero) is 1. The van der Waals surface area contributed by atoms with E-state index in [-0.39, 0.29) is 28.9 Å². The van der Waals surface area contributed by atoms with Crippen LogP contribution in [0.25, 0.3) is 0 Å². The largest absolute Gasteiger partial charge is 0.465 e. The molecule has 0 bridgehead atoms. The lowest BCUT2D eigenvalue weighted by Gasteiger charge is -2.04. The molecule has 0 saturated carbocycles. The van der Waals surface area contributed by atoms with Gasteiger partial charge in [0.25, 0.3) is 0 Å². The molecule has 124 valence electrons. The van der Waals surface area contributed by atoms with Gasteiger partial charge in [-0.2, -0.15) is 0 Å². The summed E-state index contributed by atoms with van der Waals surface area (Å²) in [6.07, 6.45) is 2.56. The molecule has 0 saturated heterocycles. The van der Waals surface area contributed by atoms with Crippen LogP contribution in [0.4, 0.5) is 0 Å². The van der Waals surface area contributed by atoms with E-state index in [0.717, 1.165) is 29.9 Å². The summed E-state index contributed by atoms with van der Waals surface area (Å²) in [4.78, 5) is 25.8. The van der Waals surface area contributed by atoms with Crippen molar-refractivity contribution in [2.24, 2.45) is 0 Å². The number of aryl methyl sites for hydroxylation is 1. The van der Waals surface area contributed by atoms with Gasteiger partial charge in [-0.05, 0) is 26.7 Å². The van der Waals surface area contributed by atoms with E-state index < -0.39 is 15.8 Å². The van der Waals surface area contributed by atoms with E-state index in [4.69, 9.17) is 4.74 Å². The van der Waals surface area contributed by atoms with Crippen molar-refractivity contribution in [2.75, 3.05) is 12.4 Å². The number of ketones is 1. The zero-order chi connectivity index (χ0) is 16.6. The fourth-order valence-corrected chi connectivity index (χ4v) is 4.29. The molecule has 0 aliphatic heterocycles. The maximum absolute atomic E-state index is 12.0. The van der Waals surface area contributed by atoms with E-state index in [2.05, 4.69) is 4.98 Å². The minimum absolute atomic E-state index is 0.0874. The van der Waals surface area contributed by atoms with Crippen LogP contribution in [0.3, 0.4) is 0 Å². The molecule has 6 nitrogen and oxygen atoms in total.